The van der Waals surface area contributed by atoms with Gasteiger partial charge < -0.3 is 20.3 Å². The van der Waals surface area contributed by atoms with E-state index >= 15 is 0 Å². The predicted octanol–water partition coefficient (Wildman–Crippen LogP) is 0.981. The summed E-state index contributed by atoms with van der Waals surface area (Å²) >= 11 is 0. The molecule has 1 aromatic rings. The molecule has 0 aromatic carbocycles. The number of aryl methyl sites for hydroxylation is 1. The third kappa shape index (κ3) is 3.68. The molecule has 0 bridgehead atoms. The molecule has 4 rings (SSSR count). The molecular formula is C21H27N3O5. The van der Waals surface area contributed by atoms with Crippen LogP contribution in [0.2, 0.25) is 0 Å². The molecule has 0 saturated heterocycles. The van der Waals surface area contributed by atoms with Gasteiger partial charge in [0, 0.05) is 37.8 Å². The molecule has 8 nitrogen and oxygen atoms in total. The molecule has 0 spiro atoms. The van der Waals surface area contributed by atoms with E-state index in [1.807, 2.05) is 16.8 Å². The zero-order chi connectivity index (χ0) is 20.7. The lowest BCUT2D eigenvalue weighted by atomic mass is 9.77. The topological polar surface area (TPSA) is 118 Å². The van der Waals surface area contributed by atoms with Gasteiger partial charge in [-0.05, 0) is 43.2 Å². The van der Waals surface area contributed by atoms with E-state index in [-0.39, 0.29) is 42.5 Å². The summed E-state index contributed by atoms with van der Waals surface area (Å²) in [5.74, 6) is -2.78. The van der Waals surface area contributed by atoms with Gasteiger partial charge in [-0.2, -0.15) is 0 Å². The fourth-order valence-electron chi connectivity index (χ4n) is 4.98. The van der Waals surface area contributed by atoms with Crippen LogP contribution in [-0.4, -0.2) is 45.3 Å². The fraction of sp³-hybridized carbons (Fsp3) is 0.619. The number of aromatic nitrogens is 1. The Morgan fingerprint density at radius 2 is 2.00 bits per heavy atom. The van der Waals surface area contributed by atoms with Crippen LogP contribution < -0.4 is 10.6 Å². The lowest BCUT2D eigenvalue weighted by Crippen LogP contribution is -2.56. The lowest BCUT2D eigenvalue weighted by molar-refractivity contribution is -0.144. The molecule has 2 amide bonds. The van der Waals surface area contributed by atoms with Gasteiger partial charge in [0.15, 0.2) is 0 Å². The van der Waals surface area contributed by atoms with Crippen LogP contribution in [0.1, 0.15) is 56.2 Å². The summed E-state index contributed by atoms with van der Waals surface area (Å²) in [5.41, 5.74) is 1.90. The third-order valence-electron chi connectivity index (χ3n) is 6.67. The molecule has 2 aliphatic carbocycles. The van der Waals surface area contributed by atoms with Crippen LogP contribution in [0.5, 0.6) is 0 Å². The number of Topliss-reactive ketones (excluding diaryl/α,β-unsaturated/α-hetero) is 1. The maximum Gasteiger partial charge on any atom is 0.308 e. The first-order valence-corrected chi connectivity index (χ1v) is 10.4. The predicted molar refractivity (Wildman–Crippen MR) is 103 cm³/mol. The molecule has 2 heterocycles. The number of hydrogen-bond acceptors (Lipinski definition) is 4. The number of carbonyl (C=O) groups excluding carboxylic acids is 3. The molecule has 3 N–H and O–H groups in total. The van der Waals surface area contributed by atoms with Crippen molar-refractivity contribution >= 4 is 23.6 Å². The molecule has 1 saturated carbocycles. The Bertz CT molecular complexity index is 856. The van der Waals surface area contributed by atoms with Gasteiger partial charge in [0.05, 0.1) is 11.8 Å². The average molecular weight is 401 g/mol. The number of rotatable bonds is 5. The zero-order valence-electron chi connectivity index (χ0n) is 16.5. The van der Waals surface area contributed by atoms with E-state index in [2.05, 4.69) is 10.6 Å². The lowest BCUT2D eigenvalue weighted by Gasteiger charge is -2.36. The first-order valence-electron chi connectivity index (χ1n) is 10.4. The number of nitrogens with zero attached hydrogens (tertiary/aromatic N) is 1. The van der Waals surface area contributed by atoms with Gasteiger partial charge in [0.1, 0.15) is 11.8 Å². The highest BCUT2D eigenvalue weighted by molar-refractivity contribution is 5.92. The van der Waals surface area contributed by atoms with Crippen molar-refractivity contribution in [2.45, 2.75) is 70.0 Å². The van der Waals surface area contributed by atoms with Crippen molar-refractivity contribution < 1.29 is 24.3 Å². The van der Waals surface area contributed by atoms with Gasteiger partial charge in [-0.15, -0.1) is 0 Å². The minimum atomic E-state index is -0.976. The average Bonchev–Trinajstić information content (AvgIpc) is 2.93. The van der Waals surface area contributed by atoms with Gasteiger partial charge in [-0.25, -0.2) is 0 Å². The second kappa shape index (κ2) is 7.65. The second-order valence-electron chi connectivity index (χ2n) is 8.58. The van der Waals surface area contributed by atoms with Crippen molar-refractivity contribution in [3.63, 3.8) is 0 Å². The van der Waals surface area contributed by atoms with Gasteiger partial charge in [-0.1, -0.05) is 6.42 Å². The van der Waals surface area contributed by atoms with Crippen molar-refractivity contribution in [3.8, 4) is 0 Å². The van der Waals surface area contributed by atoms with E-state index in [9.17, 15) is 24.3 Å². The van der Waals surface area contributed by atoms with E-state index in [1.165, 1.54) is 6.92 Å². The Morgan fingerprint density at radius 3 is 2.62 bits per heavy atom. The monoisotopic (exact) mass is 401 g/mol. The summed E-state index contributed by atoms with van der Waals surface area (Å²) in [5, 5.41) is 15.3. The smallest absolute Gasteiger partial charge is 0.308 e. The summed E-state index contributed by atoms with van der Waals surface area (Å²) < 4.78 is 1.87. The van der Waals surface area contributed by atoms with Crippen molar-refractivity contribution in [1.29, 1.82) is 0 Å². The Labute approximate surface area is 169 Å². The Hall–Kier alpha value is -2.64. The molecule has 8 heteroatoms. The number of carboxylic acid groups (broad SMARTS) is 1. The van der Waals surface area contributed by atoms with Crippen molar-refractivity contribution in [2.24, 2.45) is 11.8 Å². The maximum absolute atomic E-state index is 13.1. The number of nitrogens with one attached hydrogen (secondary N) is 2. The summed E-state index contributed by atoms with van der Waals surface area (Å²) in [6.45, 7) is 1.67. The van der Waals surface area contributed by atoms with Crippen molar-refractivity contribution in [1.82, 2.24) is 15.2 Å². The number of carboxylic acids is 1. The Morgan fingerprint density at radius 1 is 1.24 bits per heavy atom. The summed E-state index contributed by atoms with van der Waals surface area (Å²) in [6.07, 6.45) is 6.01. The number of carbonyl (C=O) groups is 4. The summed E-state index contributed by atoms with van der Waals surface area (Å²) in [7, 11) is 0. The van der Waals surface area contributed by atoms with E-state index in [4.69, 9.17) is 0 Å². The van der Waals surface area contributed by atoms with E-state index in [0.29, 0.717) is 6.42 Å². The summed E-state index contributed by atoms with van der Waals surface area (Å²) in [6, 6.07) is 0.980. The molecule has 4 atom stereocenters. The normalized spacial score (nSPS) is 27.2. The van der Waals surface area contributed by atoms with Crippen molar-refractivity contribution in [2.75, 3.05) is 0 Å². The van der Waals surface area contributed by atoms with Crippen LogP contribution in [0.3, 0.4) is 0 Å². The van der Waals surface area contributed by atoms with E-state index in [1.54, 1.807) is 0 Å². The number of ketones is 1. The van der Waals surface area contributed by atoms with E-state index < -0.39 is 23.8 Å². The zero-order valence-corrected chi connectivity index (χ0v) is 16.5. The SMILES string of the molecule is CC(=O)NC(C(=O)N[C@H]1CCc2ccn3c2C1C(=O)C[C@H](C(=O)O)C3)C1CCC1. The second-order valence-corrected chi connectivity index (χ2v) is 8.58. The van der Waals surface area contributed by atoms with Crippen LogP contribution in [0, 0.1) is 11.8 Å². The maximum atomic E-state index is 13.1. The molecular weight excluding hydrogens is 374 g/mol. The van der Waals surface area contributed by atoms with E-state index in [0.717, 1.165) is 36.9 Å². The highest BCUT2D eigenvalue weighted by Crippen LogP contribution is 2.38. The first-order chi connectivity index (χ1) is 13.8. The molecule has 1 fully saturated rings. The number of aliphatic carboxylic acids is 1. The standard InChI is InChI=1S/C21H27N3O5/c1-11(25)22-18(12-3-2-4-12)20(27)23-15-6-5-13-7-8-24-10-14(21(28)29)9-16(26)17(15)19(13)24/h7-8,12,14-15,17-18H,2-6,9-10H2,1H3,(H,22,25)(H,23,27)(H,28,29)/t14-,15-,17?,18?/m0/s1. The largest absolute Gasteiger partial charge is 0.481 e. The Balaban J connectivity index is 1.58. The van der Waals surface area contributed by atoms with Crippen LogP contribution in [0.4, 0.5) is 0 Å². The molecule has 1 aliphatic heterocycles. The quantitative estimate of drug-likeness (QED) is 0.680. The molecule has 3 aliphatic rings. The minimum Gasteiger partial charge on any atom is -0.481 e. The summed E-state index contributed by atoms with van der Waals surface area (Å²) in [4.78, 5) is 49.2. The highest BCUT2D eigenvalue weighted by Gasteiger charge is 2.43. The Kier molecular flexibility index (Phi) is 5.19. The minimum absolute atomic E-state index is 0.0365. The molecule has 1 aromatic heterocycles. The van der Waals surface area contributed by atoms with Gasteiger partial charge in [0.2, 0.25) is 11.8 Å². The van der Waals surface area contributed by atoms with Gasteiger partial charge in [0.25, 0.3) is 0 Å². The number of hydrogen-bond donors (Lipinski definition) is 3. The van der Waals surface area contributed by atoms with Crippen molar-refractivity contribution in [3.05, 3.63) is 23.5 Å². The molecule has 2 unspecified atom stereocenters. The first kappa shape index (κ1) is 19.7. The van der Waals surface area contributed by atoms with Crippen LogP contribution in [-0.2, 0) is 32.1 Å². The van der Waals surface area contributed by atoms with Gasteiger partial charge in [-0.3, -0.25) is 19.2 Å². The highest BCUT2D eigenvalue weighted by atomic mass is 16.4. The third-order valence-corrected chi connectivity index (χ3v) is 6.67. The van der Waals surface area contributed by atoms with Crippen LogP contribution >= 0.6 is 0 Å². The number of amides is 2. The fourth-order valence-corrected chi connectivity index (χ4v) is 4.98. The van der Waals surface area contributed by atoms with Gasteiger partial charge >= 0.3 is 5.97 Å². The molecule has 0 radical (unpaired) electrons. The molecule has 29 heavy (non-hydrogen) atoms. The van der Waals surface area contributed by atoms with Crippen LogP contribution in [0.25, 0.3) is 0 Å². The van der Waals surface area contributed by atoms with Crippen LogP contribution in [0.15, 0.2) is 12.3 Å². The molecule has 156 valence electrons.